The quantitative estimate of drug-likeness (QED) is 0.630. The Bertz CT molecular complexity index is 793. The van der Waals surface area contributed by atoms with Crippen molar-refractivity contribution in [3.8, 4) is 0 Å². The summed E-state index contributed by atoms with van der Waals surface area (Å²) < 4.78 is 0. The topological polar surface area (TPSA) is 75.5 Å². The number of likely N-dealkylation sites (N-methyl/N-ethyl adjacent to an activating group) is 1. The van der Waals surface area contributed by atoms with E-state index in [9.17, 15) is 14.9 Å². The van der Waals surface area contributed by atoms with Crippen LogP contribution in [0.25, 0.3) is 0 Å². The summed E-state index contributed by atoms with van der Waals surface area (Å²) in [6.45, 7) is 1.98. The summed E-state index contributed by atoms with van der Waals surface area (Å²) in [5, 5.41) is 14.4. The SMILES string of the molecule is Cc1cc(C(=O)NC[C@H](c2ccccc2Cl)N(C)C)ccc1[N+](=O)[O-]. The first-order valence-corrected chi connectivity index (χ1v) is 8.13. The Kier molecular flexibility index (Phi) is 6.12. The lowest BCUT2D eigenvalue weighted by atomic mass is 10.1. The molecule has 0 saturated heterocycles. The van der Waals surface area contributed by atoms with Gasteiger partial charge in [-0.1, -0.05) is 29.8 Å². The van der Waals surface area contributed by atoms with Crippen LogP contribution in [0.4, 0.5) is 5.69 Å². The van der Waals surface area contributed by atoms with Gasteiger partial charge in [0, 0.05) is 28.8 Å². The van der Waals surface area contributed by atoms with E-state index < -0.39 is 4.92 Å². The Morgan fingerprint density at radius 2 is 1.96 bits per heavy atom. The maximum atomic E-state index is 12.4. The summed E-state index contributed by atoms with van der Waals surface area (Å²) in [6, 6.07) is 11.7. The molecule has 0 aromatic heterocycles. The molecule has 0 radical (unpaired) electrons. The van der Waals surface area contributed by atoms with Crippen molar-refractivity contribution >= 4 is 23.2 Å². The number of nitro groups is 1. The highest BCUT2D eigenvalue weighted by atomic mass is 35.5. The van der Waals surface area contributed by atoms with Gasteiger partial charge >= 0.3 is 0 Å². The molecule has 0 aliphatic rings. The highest BCUT2D eigenvalue weighted by Crippen LogP contribution is 2.25. The summed E-state index contributed by atoms with van der Waals surface area (Å²) in [5.41, 5.74) is 1.76. The third kappa shape index (κ3) is 4.55. The Labute approximate surface area is 151 Å². The Morgan fingerprint density at radius 3 is 2.52 bits per heavy atom. The molecule has 2 aromatic rings. The Morgan fingerprint density at radius 1 is 1.28 bits per heavy atom. The van der Waals surface area contributed by atoms with Crippen LogP contribution >= 0.6 is 11.6 Å². The van der Waals surface area contributed by atoms with Crippen molar-refractivity contribution < 1.29 is 9.72 Å². The summed E-state index contributed by atoms with van der Waals surface area (Å²) in [7, 11) is 3.83. The van der Waals surface area contributed by atoms with Gasteiger partial charge in [-0.15, -0.1) is 0 Å². The number of amides is 1. The first-order valence-electron chi connectivity index (χ1n) is 7.75. The number of hydrogen-bond acceptors (Lipinski definition) is 4. The van der Waals surface area contributed by atoms with Gasteiger partial charge in [0.25, 0.3) is 11.6 Å². The van der Waals surface area contributed by atoms with Crippen molar-refractivity contribution in [1.82, 2.24) is 10.2 Å². The second kappa shape index (κ2) is 8.09. The fourth-order valence-corrected chi connectivity index (χ4v) is 2.87. The van der Waals surface area contributed by atoms with Crippen LogP contribution in [0.15, 0.2) is 42.5 Å². The van der Waals surface area contributed by atoms with Gasteiger partial charge in [-0.05, 0) is 44.8 Å². The minimum atomic E-state index is -0.462. The summed E-state index contributed by atoms with van der Waals surface area (Å²) in [5.74, 6) is -0.281. The van der Waals surface area contributed by atoms with Crippen LogP contribution in [0.5, 0.6) is 0 Å². The number of rotatable bonds is 6. The molecule has 132 valence electrons. The number of aryl methyl sites for hydroxylation is 1. The molecule has 0 spiro atoms. The second-order valence-electron chi connectivity index (χ2n) is 5.97. The van der Waals surface area contributed by atoms with Crippen LogP contribution in [-0.4, -0.2) is 36.4 Å². The molecular weight excluding hydrogens is 342 g/mol. The van der Waals surface area contributed by atoms with E-state index in [0.717, 1.165) is 5.56 Å². The van der Waals surface area contributed by atoms with E-state index in [-0.39, 0.29) is 17.6 Å². The van der Waals surface area contributed by atoms with Crippen LogP contribution < -0.4 is 5.32 Å². The first-order chi connectivity index (χ1) is 11.8. The van der Waals surface area contributed by atoms with Crippen molar-refractivity contribution in [3.05, 3.63) is 74.3 Å². The zero-order valence-corrected chi connectivity index (χ0v) is 15.1. The number of carbonyl (C=O) groups is 1. The van der Waals surface area contributed by atoms with Crippen LogP contribution in [0.1, 0.15) is 27.5 Å². The zero-order valence-electron chi connectivity index (χ0n) is 14.3. The van der Waals surface area contributed by atoms with E-state index >= 15 is 0 Å². The van der Waals surface area contributed by atoms with Gasteiger partial charge in [0.2, 0.25) is 0 Å². The normalized spacial score (nSPS) is 12.0. The molecule has 0 unspecified atom stereocenters. The average molecular weight is 362 g/mol. The third-order valence-corrected chi connectivity index (χ3v) is 4.34. The molecule has 7 heteroatoms. The van der Waals surface area contributed by atoms with Crippen molar-refractivity contribution in [2.75, 3.05) is 20.6 Å². The molecule has 1 amide bonds. The monoisotopic (exact) mass is 361 g/mol. The highest BCUT2D eigenvalue weighted by molar-refractivity contribution is 6.31. The molecule has 1 atom stereocenters. The third-order valence-electron chi connectivity index (χ3n) is 4.00. The number of carbonyl (C=O) groups excluding carboxylic acids is 1. The highest BCUT2D eigenvalue weighted by Gasteiger charge is 2.19. The van der Waals surface area contributed by atoms with E-state index in [0.29, 0.717) is 22.7 Å². The average Bonchev–Trinajstić information content (AvgIpc) is 2.55. The number of halogens is 1. The lowest BCUT2D eigenvalue weighted by molar-refractivity contribution is -0.385. The van der Waals surface area contributed by atoms with Gasteiger partial charge in [0.15, 0.2) is 0 Å². The number of nitrogens with zero attached hydrogens (tertiary/aromatic N) is 2. The molecule has 0 heterocycles. The van der Waals surface area contributed by atoms with Crippen LogP contribution in [0, 0.1) is 17.0 Å². The fourth-order valence-electron chi connectivity index (χ4n) is 2.61. The van der Waals surface area contributed by atoms with Crippen LogP contribution in [0.2, 0.25) is 5.02 Å². The Balaban J connectivity index is 2.13. The summed E-state index contributed by atoms with van der Waals surface area (Å²) in [4.78, 5) is 24.8. The molecule has 1 N–H and O–H groups in total. The number of benzene rings is 2. The predicted octanol–water partition coefficient (Wildman–Crippen LogP) is 3.59. The number of hydrogen-bond donors (Lipinski definition) is 1. The zero-order chi connectivity index (χ0) is 18.6. The van der Waals surface area contributed by atoms with Gasteiger partial charge in [0.1, 0.15) is 0 Å². The maximum absolute atomic E-state index is 12.4. The fraction of sp³-hybridized carbons (Fsp3) is 0.278. The molecule has 2 aromatic carbocycles. The van der Waals surface area contributed by atoms with Gasteiger partial charge in [-0.2, -0.15) is 0 Å². The van der Waals surface area contributed by atoms with Gasteiger partial charge in [-0.25, -0.2) is 0 Å². The van der Waals surface area contributed by atoms with Gasteiger partial charge < -0.3 is 10.2 Å². The molecule has 0 saturated carbocycles. The molecule has 0 bridgehead atoms. The lowest BCUT2D eigenvalue weighted by Gasteiger charge is -2.26. The van der Waals surface area contributed by atoms with Crippen LogP contribution in [-0.2, 0) is 0 Å². The number of nitro benzene ring substituents is 1. The van der Waals surface area contributed by atoms with E-state index in [1.165, 1.54) is 18.2 Å². The largest absolute Gasteiger partial charge is 0.350 e. The second-order valence-corrected chi connectivity index (χ2v) is 6.38. The maximum Gasteiger partial charge on any atom is 0.272 e. The van der Waals surface area contributed by atoms with E-state index in [4.69, 9.17) is 11.6 Å². The minimum absolute atomic E-state index is 0.00112. The summed E-state index contributed by atoms with van der Waals surface area (Å²) >= 11 is 6.26. The lowest BCUT2D eigenvalue weighted by Crippen LogP contribution is -2.34. The van der Waals surface area contributed by atoms with Crippen molar-refractivity contribution in [2.24, 2.45) is 0 Å². The van der Waals surface area contributed by atoms with Gasteiger partial charge in [-0.3, -0.25) is 14.9 Å². The molecule has 6 nitrogen and oxygen atoms in total. The summed E-state index contributed by atoms with van der Waals surface area (Å²) in [6.07, 6.45) is 0. The van der Waals surface area contributed by atoms with Gasteiger partial charge in [0.05, 0.1) is 11.0 Å². The molecule has 25 heavy (non-hydrogen) atoms. The van der Waals surface area contributed by atoms with Crippen LogP contribution in [0.3, 0.4) is 0 Å². The predicted molar refractivity (Wildman–Crippen MR) is 98.0 cm³/mol. The van der Waals surface area contributed by atoms with E-state index in [2.05, 4.69) is 5.32 Å². The molecule has 2 rings (SSSR count). The first kappa shape index (κ1) is 18.9. The van der Waals surface area contributed by atoms with E-state index in [1.807, 2.05) is 43.3 Å². The van der Waals surface area contributed by atoms with Crippen molar-refractivity contribution in [2.45, 2.75) is 13.0 Å². The van der Waals surface area contributed by atoms with E-state index in [1.54, 1.807) is 6.92 Å². The van der Waals surface area contributed by atoms with Crippen molar-refractivity contribution in [1.29, 1.82) is 0 Å². The molecular formula is C18H20ClN3O3. The standard InChI is InChI=1S/C18H20ClN3O3/c1-12-10-13(8-9-16(12)22(24)25)18(23)20-11-17(21(2)3)14-6-4-5-7-15(14)19/h4-10,17H,11H2,1-3H3,(H,20,23)/t17-/m1/s1. The van der Waals surface area contributed by atoms with Crippen molar-refractivity contribution in [3.63, 3.8) is 0 Å². The Hall–Kier alpha value is -2.44. The smallest absolute Gasteiger partial charge is 0.272 e. The molecule has 0 aliphatic heterocycles. The number of nitrogens with one attached hydrogen (secondary N) is 1. The minimum Gasteiger partial charge on any atom is -0.350 e. The molecule has 0 fully saturated rings. The molecule has 0 aliphatic carbocycles.